The lowest BCUT2D eigenvalue weighted by molar-refractivity contribution is 0.456. The van der Waals surface area contributed by atoms with Crippen LogP contribution in [0.15, 0.2) is 22.7 Å². The molecule has 2 aromatic rings. The van der Waals surface area contributed by atoms with E-state index in [1.165, 1.54) is 12.1 Å². The molecule has 0 radical (unpaired) electrons. The fourth-order valence-electron chi connectivity index (χ4n) is 1.48. The summed E-state index contributed by atoms with van der Waals surface area (Å²) in [6.45, 7) is 3.58. The molecule has 0 saturated carbocycles. The van der Waals surface area contributed by atoms with Crippen LogP contribution in [0.3, 0.4) is 0 Å². The topological polar surface area (TPSA) is 61.0 Å². The molecule has 4 nitrogen and oxygen atoms in total. The van der Waals surface area contributed by atoms with Crippen LogP contribution < -0.4 is 10.5 Å². The van der Waals surface area contributed by atoms with Gasteiger partial charge in [0.1, 0.15) is 11.6 Å². The number of aryl methyl sites for hydroxylation is 2. The molecule has 94 valence electrons. The summed E-state index contributed by atoms with van der Waals surface area (Å²) in [4.78, 5) is 8.23. The van der Waals surface area contributed by atoms with Crippen molar-refractivity contribution in [2.45, 2.75) is 13.8 Å². The number of nitrogens with zero attached hydrogens (tertiary/aromatic N) is 2. The summed E-state index contributed by atoms with van der Waals surface area (Å²) < 4.78 is 19.2. The number of halogens is 2. The first kappa shape index (κ1) is 12.8. The maximum atomic E-state index is 13.4. The van der Waals surface area contributed by atoms with Crippen LogP contribution in [-0.4, -0.2) is 9.97 Å². The lowest BCUT2D eigenvalue weighted by Crippen LogP contribution is -1.98. The minimum absolute atomic E-state index is 0.230. The predicted molar refractivity (Wildman–Crippen MR) is 70.1 cm³/mol. The Balaban J connectivity index is 2.36. The minimum Gasteiger partial charge on any atom is -0.437 e. The molecule has 0 bridgehead atoms. The fourth-order valence-corrected chi connectivity index (χ4v) is 1.84. The van der Waals surface area contributed by atoms with Crippen molar-refractivity contribution in [3.8, 4) is 11.6 Å². The second kappa shape index (κ2) is 4.89. The smallest absolute Gasteiger partial charge is 0.222 e. The Labute approximate surface area is 112 Å². The van der Waals surface area contributed by atoms with E-state index >= 15 is 0 Å². The van der Waals surface area contributed by atoms with Gasteiger partial charge in [-0.15, -0.1) is 0 Å². The lowest BCUT2D eigenvalue weighted by Gasteiger charge is -2.09. The average molecular weight is 312 g/mol. The molecule has 0 aliphatic carbocycles. The quantitative estimate of drug-likeness (QED) is 0.864. The SMILES string of the molecule is Cc1cc(Oc2cc(F)c(Br)cc2N)nc(C)n1. The minimum atomic E-state index is -0.443. The average Bonchev–Trinajstić information content (AvgIpc) is 2.24. The molecule has 0 fully saturated rings. The van der Waals surface area contributed by atoms with Crippen LogP contribution >= 0.6 is 15.9 Å². The number of rotatable bonds is 2. The fraction of sp³-hybridized carbons (Fsp3) is 0.167. The molecule has 2 N–H and O–H groups in total. The van der Waals surface area contributed by atoms with Crippen molar-refractivity contribution in [3.63, 3.8) is 0 Å². The molecule has 1 heterocycles. The number of benzene rings is 1. The van der Waals surface area contributed by atoms with Gasteiger partial charge in [0.2, 0.25) is 5.88 Å². The number of hydrogen-bond donors (Lipinski definition) is 1. The summed E-state index contributed by atoms with van der Waals surface area (Å²) in [6.07, 6.45) is 0. The molecule has 0 aliphatic heterocycles. The van der Waals surface area contributed by atoms with Crippen LogP contribution in [0.1, 0.15) is 11.5 Å². The monoisotopic (exact) mass is 311 g/mol. The van der Waals surface area contributed by atoms with E-state index in [0.717, 1.165) is 5.69 Å². The Morgan fingerprint density at radius 3 is 2.61 bits per heavy atom. The summed E-state index contributed by atoms with van der Waals surface area (Å²) in [6, 6.07) is 4.32. The Hall–Kier alpha value is -1.69. The molecule has 1 aromatic carbocycles. The van der Waals surface area contributed by atoms with Crippen molar-refractivity contribution < 1.29 is 9.13 Å². The molecule has 2 rings (SSSR count). The highest BCUT2D eigenvalue weighted by atomic mass is 79.9. The number of anilines is 1. The van der Waals surface area contributed by atoms with E-state index in [9.17, 15) is 4.39 Å². The first-order valence-corrected chi connectivity index (χ1v) is 5.99. The van der Waals surface area contributed by atoms with Crippen molar-refractivity contribution in [3.05, 3.63) is 40.0 Å². The molecule has 0 aliphatic rings. The molecule has 6 heteroatoms. The molecule has 0 unspecified atom stereocenters. The van der Waals surface area contributed by atoms with Crippen LogP contribution in [0.4, 0.5) is 10.1 Å². The molecule has 0 amide bonds. The van der Waals surface area contributed by atoms with E-state index in [1.807, 2.05) is 6.92 Å². The van der Waals surface area contributed by atoms with Gasteiger partial charge < -0.3 is 10.5 Å². The zero-order valence-electron chi connectivity index (χ0n) is 9.87. The number of hydrogen-bond acceptors (Lipinski definition) is 4. The molecule has 0 spiro atoms. The summed E-state index contributed by atoms with van der Waals surface area (Å²) in [5, 5.41) is 0. The summed E-state index contributed by atoms with van der Waals surface area (Å²) >= 11 is 3.05. The standard InChI is InChI=1S/C12H11BrFN3O/c1-6-3-12(17-7(2)16-6)18-11-5-9(14)8(13)4-10(11)15/h3-5H,15H2,1-2H3. The molecule has 0 saturated heterocycles. The van der Waals surface area contributed by atoms with Crippen molar-refractivity contribution in [1.82, 2.24) is 9.97 Å². The van der Waals surface area contributed by atoms with Crippen molar-refractivity contribution in [1.29, 1.82) is 0 Å². The number of ether oxygens (including phenoxy) is 1. The highest BCUT2D eigenvalue weighted by Gasteiger charge is 2.09. The van der Waals surface area contributed by atoms with Gasteiger partial charge in [0.25, 0.3) is 0 Å². The van der Waals surface area contributed by atoms with Crippen molar-refractivity contribution in [2.75, 3.05) is 5.73 Å². The highest BCUT2D eigenvalue weighted by molar-refractivity contribution is 9.10. The van der Waals surface area contributed by atoms with Gasteiger partial charge in [0, 0.05) is 17.8 Å². The van der Waals surface area contributed by atoms with Crippen LogP contribution in [0.25, 0.3) is 0 Å². The molecular formula is C12H11BrFN3O. The Morgan fingerprint density at radius 1 is 1.22 bits per heavy atom. The summed E-state index contributed by atoms with van der Waals surface area (Å²) in [5.41, 5.74) is 6.85. The maximum absolute atomic E-state index is 13.4. The predicted octanol–water partition coefficient (Wildman–Crippen LogP) is 3.37. The Bertz CT molecular complexity index is 584. The van der Waals surface area contributed by atoms with Gasteiger partial charge in [-0.2, -0.15) is 4.98 Å². The van der Waals surface area contributed by atoms with Crippen LogP contribution in [0, 0.1) is 19.7 Å². The van der Waals surface area contributed by atoms with Gasteiger partial charge in [0.15, 0.2) is 5.75 Å². The maximum Gasteiger partial charge on any atom is 0.222 e. The normalized spacial score (nSPS) is 10.4. The number of nitrogen functional groups attached to an aromatic ring is 1. The number of aromatic nitrogens is 2. The van der Waals surface area contributed by atoms with Gasteiger partial charge in [-0.25, -0.2) is 9.37 Å². The lowest BCUT2D eigenvalue weighted by atomic mass is 10.3. The molecular weight excluding hydrogens is 301 g/mol. The van der Waals surface area contributed by atoms with E-state index in [0.29, 0.717) is 21.9 Å². The van der Waals surface area contributed by atoms with Crippen molar-refractivity contribution in [2.24, 2.45) is 0 Å². The second-order valence-corrected chi connectivity index (χ2v) is 4.66. The summed E-state index contributed by atoms with van der Waals surface area (Å²) in [5.74, 6) is 0.712. The van der Waals surface area contributed by atoms with Gasteiger partial charge >= 0.3 is 0 Å². The van der Waals surface area contributed by atoms with Crippen LogP contribution in [0.2, 0.25) is 0 Å². The molecule has 1 aromatic heterocycles. The van der Waals surface area contributed by atoms with E-state index in [1.54, 1.807) is 13.0 Å². The van der Waals surface area contributed by atoms with Crippen LogP contribution in [-0.2, 0) is 0 Å². The third-order valence-corrected chi connectivity index (χ3v) is 2.82. The zero-order chi connectivity index (χ0) is 13.3. The summed E-state index contributed by atoms with van der Waals surface area (Å²) in [7, 11) is 0. The first-order chi connectivity index (χ1) is 8.45. The van der Waals surface area contributed by atoms with Gasteiger partial charge in [-0.3, -0.25) is 0 Å². The Kier molecular flexibility index (Phi) is 3.47. The second-order valence-electron chi connectivity index (χ2n) is 3.80. The third kappa shape index (κ3) is 2.76. The van der Waals surface area contributed by atoms with E-state index in [2.05, 4.69) is 25.9 Å². The first-order valence-electron chi connectivity index (χ1n) is 5.20. The largest absolute Gasteiger partial charge is 0.437 e. The van der Waals surface area contributed by atoms with E-state index in [-0.39, 0.29) is 5.75 Å². The zero-order valence-corrected chi connectivity index (χ0v) is 11.5. The van der Waals surface area contributed by atoms with Crippen LogP contribution in [0.5, 0.6) is 11.6 Å². The van der Waals surface area contributed by atoms with Gasteiger partial charge in [-0.05, 0) is 35.8 Å². The third-order valence-electron chi connectivity index (χ3n) is 2.21. The molecule has 0 atom stereocenters. The van der Waals surface area contributed by atoms with E-state index < -0.39 is 5.82 Å². The highest BCUT2D eigenvalue weighted by Crippen LogP contribution is 2.31. The number of nitrogens with two attached hydrogens (primary N) is 1. The van der Waals surface area contributed by atoms with Crippen molar-refractivity contribution >= 4 is 21.6 Å². The van der Waals surface area contributed by atoms with Gasteiger partial charge in [-0.1, -0.05) is 0 Å². The van der Waals surface area contributed by atoms with E-state index in [4.69, 9.17) is 10.5 Å². The Morgan fingerprint density at radius 2 is 1.94 bits per heavy atom. The molecule has 18 heavy (non-hydrogen) atoms. The van der Waals surface area contributed by atoms with Gasteiger partial charge in [0.05, 0.1) is 10.2 Å².